The molecule has 1 aliphatic rings. The van der Waals surface area contributed by atoms with Crippen LogP contribution in [0.5, 0.6) is 5.75 Å². The summed E-state index contributed by atoms with van der Waals surface area (Å²) in [5.74, 6) is 0.359. The Labute approximate surface area is 175 Å². The summed E-state index contributed by atoms with van der Waals surface area (Å²) in [5.41, 5.74) is 4.11. The summed E-state index contributed by atoms with van der Waals surface area (Å²) in [4.78, 5) is 17.7. The van der Waals surface area contributed by atoms with Crippen molar-refractivity contribution < 1.29 is 18.7 Å². The molecule has 1 atom stereocenters. The fourth-order valence-corrected chi connectivity index (χ4v) is 3.77. The van der Waals surface area contributed by atoms with E-state index in [0.29, 0.717) is 23.4 Å². The number of ether oxygens (including phenoxy) is 2. The largest absolute Gasteiger partial charge is 0.493 e. The van der Waals surface area contributed by atoms with Gasteiger partial charge in [0.2, 0.25) is 5.55 Å². The minimum Gasteiger partial charge on any atom is -0.493 e. The number of nitrogens with zero attached hydrogens (tertiary/aromatic N) is 1. The van der Waals surface area contributed by atoms with Gasteiger partial charge in [-0.15, -0.1) is 0 Å². The summed E-state index contributed by atoms with van der Waals surface area (Å²) in [6, 6.07) is 13.4. The highest BCUT2D eigenvalue weighted by atomic mass is 16.5. The van der Waals surface area contributed by atoms with E-state index in [2.05, 4.69) is 16.4 Å². The average molecular weight is 406 g/mol. The quantitative estimate of drug-likeness (QED) is 0.689. The van der Waals surface area contributed by atoms with Gasteiger partial charge >= 0.3 is 0 Å². The second-order valence-corrected chi connectivity index (χ2v) is 7.65. The maximum Gasteiger partial charge on any atom is 0.256 e. The lowest BCUT2D eigenvalue weighted by atomic mass is 10.1. The Hall–Kier alpha value is -3.12. The number of benzene rings is 2. The van der Waals surface area contributed by atoms with E-state index in [9.17, 15) is 4.79 Å². The molecule has 0 radical (unpaired) electrons. The lowest BCUT2D eigenvalue weighted by molar-refractivity contribution is 0.0854. The SMILES string of the molecule is COc1cccc2cc(C(=O)NCC3CCCO3)c(=Nc3cc(C)cc(C)c3)oc12. The van der Waals surface area contributed by atoms with Crippen LogP contribution in [0.1, 0.15) is 34.3 Å². The molecule has 0 aliphatic carbocycles. The zero-order chi connectivity index (χ0) is 21.1. The van der Waals surface area contributed by atoms with E-state index in [1.54, 1.807) is 13.2 Å². The second-order valence-electron chi connectivity index (χ2n) is 7.65. The van der Waals surface area contributed by atoms with E-state index < -0.39 is 0 Å². The van der Waals surface area contributed by atoms with Crippen molar-refractivity contribution in [3.63, 3.8) is 0 Å². The van der Waals surface area contributed by atoms with Crippen LogP contribution in [0.2, 0.25) is 0 Å². The number of hydrogen-bond acceptors (Lipinski definition) is 5. The molecule has 6 heteroatoms. The standard InChI is InChI=1S/C24H26N2O4/c1-15-10-16(2)12-18(11-15)26-24-20(23(27)25-14-19-7-5-9-29-19)13-17-6-4-8-21(28-3)22(17)30-24/h4,6,8,10-13,19H,5,7,9,14H2,1-3H3,(H,25,27). The van der Waals surface area contributed by atoms with Crippen molar-refractivity contribution in [1.82, 2.24) is 5.32 Å². The van der Waals surface area contributed by atoms with Gasteiger partial charge in [0.15, 0.2) is 11.3 Å². The molecule has 30 heavy (non-hydrogen) atoms. The van der Waals surface area contributed by atoms with Crippen LogP contribution in [-0.2, 0) is 4.74 Å². The fourth-order valence-electron chi connectivity index (χ4n) is 3.77. The van der Waals surface area contributed by atoms with Gasteiger partial charge < -0.3 is 19.2 Å². The third kappa shape index (κ3) is 4.39. The smallest absolute Gasteiger partial charge is 0.256 e. The highest BCUT2D eigenvalue weighted by Gasteiger charge is 2.19. The normalized spacial score (nSPS) is 16.8. The van der Waals surface area contributed by atoms with E-state index in [4.69, 9.17) is 13.9 Å². The topological polar surface area (TPSA) is 73.1 Å². The molecule has 2 aromatic carbocycles. The van der Waals surface area contributed by atoms with Crippen molar-refractivity contribution >= 4 is 22.6 Å². The molecule has 1 fully saturated rings. The van der Waals surface area contributed by atoms with E-state index in [0.717, 1.165) is 41.6 Å². The van der Waals surface area contributed by atoms with E-state index in [1.165, 1.54) is 0 Å². The molecule has 6 nitrogen and oxygen atoms in total. The lowest BCUT2D eigenvalue weighted by Crippen LogP contribution is -2.34. The van der Waals surface area contributed by atoms with Gasteiger partial charge in [0.25, 0.3) is 5.91 Å². The number of amides is 1. The van der Waals surface area contributed by atoms with Crippen molar-refractivity contribution in [3.8, 4) is 5.75 Å². The molecule has 1 amide bonds. The van der Waals surface area contributed by atoms with Crippen molar-refractivity contribution in [2.24, 2.45) is 4.99 Å². The summed E-state index contributed by atoms with van der Waals surface area (Å²) in [6.45, 7) is 5.25. The molecule has 4 rings (SSSR count). The van der Waals surface area contributed by atoms with Crippen LogP contribution in [0.25, 0.3) is 11.0 Å². The Morgan fingerprint density at radius 1 is 1.20 bits per heavy atom. The van der Waals surface area contributed by atoms with Gasteiger partial charge in [-0.25, -0.2) is 4.99 Å². The average Bonchev–Trinajstić information content (AvgIpc) is 3.24. The number of carbonyl (C=O) groups is 1. The summed E-state index contributed by atoms with van der Waals surface area (Å²) in [7, 11) is 1.59. The van der Waals surface area contributed by atoms with Gasteiger partial charge in [0, 0.05) is 18.5 Å². The zero-order valence-corrected chi connectivity index (χ0v) is 17.5. The summed E-state index contributed by atoms with van der Waals surface area (Å²) in [6.07, 6.45) is 2.05. The first kappa shape index (κ1) is 20.2. The molecule has 2 heterocycles. The molecule has 1 unspecified atom stereocenters. The molecule has 0 bridgehead atoms. The highest BCUT2D eigenvalue weighted by molar-refractivity contribution is 5.97. The molecule has 0 spiro atoms. The number of methoxy groups -OCH3 is 1. The van der Waals surface area contributed by atoms with Gasteiger partial charge in [-0.1, -0.05) is 18.2 Å². The summed E-state index contributed by atoms with van der Waals surface area (Å²) < 4.78 is 17.2. The molecule has 0 saturated carbocycles. The zero-order valence-electron chi connectivity index (χ0n) is 17.5. The molecule has 156 valence electrons. The molecule has 3 aromatic rings. The van der Waals surface area contributed by atoms with Gasteiger partial charge in [0.1, 0.15) is 5.56 Å². The predicted octanol–water partition coefficient (Wildman–Crippen LogP) is 4.20. The summed E-state index contributed by atoms with van der Waals surface area (Å²) >= 11 is 0. The molecule has 1 aliphatic heterocycles. The first-order chi connectivity index (χ1) is 14.5. The maximum absolute atomic E-state index is 13.0. The van der Waals surface area contributed by atoms with Crippen molar-refractivity contribution in [2.45, 2.75) is 32.8 Å². The predicted molar refractivity (Wildman–Crippen MR) is 115 cm³/mol. The van der Waals surface area contributed by atoms with Crippen LogP contribution in [0.15, 0.2) is 51.9 Å². The number of hydrogen-bond donors (Lipinski definition) is 1. The molecular weight excluding hydrogens is 380 g/mol. The molecule has 1 aromatic heterocycles. The van der Waals surface area contributed by atoms with E-state index >= 15 is 0 Å². The Morgan fingerprint density at radius 2 is 2.00 bits per heavy atom. The monoisotopic (exact) mass is 406 g/mol. The molecule has 1 N–H and O–H groups in total. The Kier molecular flexibility index (Phi) is 5.86. The van der Waals surface area contributed by atoms with Crippen LogP contribution >= 0.6 is 0 Å². The Bertz CT molecular complexity index is 1120. The van der Waals surface area contributed by atoms with E-state index in [1.807, 2.05) is 44.2 Å². The minimum absolute atomic E-state index is 0.0613. The van der Waals surface area contributed by atoms with Crippen molar-refractivity contribution in [2.75, 3.05) is 20.3 Å². The number of aryl methyl sites for hydroxylation is 2. The third-order valence-electron chi connectivity index (χ3n) is 5.15. The van der Waals surface area contributed by atoms with Crippen LogP contribution in [0.3, 0.4) is 0 Å². The Balaban J connectivity index is 1.81. The fraction of sp³-hybridized carbons (Fsp3) is 0.333. The van der Waals surface area contributed by atoms with Crippen LogP contribution in [0.4, 0.5) is 5.69 Å². The first-order valence-electron chi connectivity index (χ1n) is 10.2. The Morgan fingerprint density at radius 3 is 2.70 bits per heavy atom. The number of fused-ring (bicyclic) bond motifs is 1. The second kappa shape index (κ2) is 8.71. The number of rotatable bonds is 5. The summed E-state index contributed by atoms with van der Waals surface area (Å²) in [5, 5.41) is 3.74. The highest BCUT2D eigenvalue weighted by Crippen LogP contribution is 2.25. The van der Waals surface area contributed by atoms with E-state index in [-0.39, 0.29) is 17.6 Å². The third-order valence-corrected chi connectivity index (χ3v) is 5.15. The van der Waals surface area contributed by atoms with Crippen molar-refractivity contribution in [1.29, 1.82) is 0 Å². The minimum atomic E-state index is -0.234. The van der Waals surface area contributed by atoms with Crippen LogP contribution < -0.4 is 15.6 Å². The number of nitrogens with one attached hydrogen (secondary N) is 1. The van der Waals surface area contributed by atoms with Crippen LogP contribution in [-0.4, -0.2) is 32.3 Å². The van der Waals surface area contributed by atoms with Crippen LogP contribution in [0, 0.1) is 13.8 Å². The number of carbonyl (C=O) groups excluding carboxylic acids is 1. The van der Waals surface area contributed by atoms with Gasteiger partial charge in [0.05, 0.1) is 18.9 Å². The number of para-hydroxylation sites is 1. The lowest BCUT2D eigenvalue weighted by Gasteiger charge is -2.12. The van der Waals surface area contributed by atoms with Gasteiger partial charge in [-0.3, -0.25) is 4.79 Å². The maximum atomic E-state index is 13.0. The van der Waals surface area contributed by atoms with Crippen molar-refractivity contribution in [3.05, 3.63) is 64.7 Å². The molecular formula is C24H26N2O4. The molecule has 1 saturated heterocycles. The van der Waals surface area contributed by atoms with Gasteiger partial charge in [-0.05, 0) is 62.1 Å². The van der Waals surface area contributed by atoms with Gasteiger partial charge in [-0.2, -0.15) is 0 Å². The first-order valence-corrected chi connectivity index (χ1v) is 10.2.